The van der Waals surface area contributed by atoms with Crippen molar-refractivity contribution in [1.82, 2.24) is 14.9 Å². The highest BCUT2D eigenvalue weighted by Crippen LogP contribution is 2.27. The van der Waals surface area contributed by atoms with Crippen LogP contribution in [-0.2, 0) is 24.2 Å². The summed E-state index contributed by atoms with van der Waals surface area (Å²) in [5.74, 6) is -0.0406. The largest absolute Gasteiger partial charge is 0.478 e. The average molecular weight is 604 g/mol. The van der Waals surface area contributed by atoms with E-state index in [9.17, 15) is 13.2 Å². The zero-order valence-electron chi connectivity index (χ0n) is 23.7. The van der Waals surface area contributed by atoms with Gasteiger partial charge in [-0.1, -0.05) is 28.6 Å². The quantitative estimate of drug-likeness (QED) is 0.155. The number of benzene rings is 1. The third kappa shape index (κ3) is 8.93. The molecule has 1 aliphatic carbocycles. The van der Waals surface area contributed by atoms with E-state index in [1.807, 2.05) is 14.1 Å². The van der Waals surface area contributed by atoms with Crippen LogP contribution in [0.5, 0.6) is 5.88 Å². The lowest BCUT2D eigenvalue weighted by Gasteiger charge is -2.11. The predicted octanol–water partition coefficient (Wildman–Crippen LogP) is 4.13. The number of thiazole rings is 1. The number of hydrogen-bond donors (Lipinski definition) is 1. The topological polar surface area (TPSA) is 132 Å². The van der Waals surface area contributed by atoms with Crippen LogP contribution in [0.1, 0.15) is 44.1 Å². The van der Waals surface area contributed by atoms with Crippen LogP contribution >= 0.6 is 11.3 Å². The molecule has 1 saturated carbocycles. The fourth-order valence-electron chi connectivity index (χ4n) is 4.33. The Morgan fingerprint density at radius 3 is 2.54 bits per heavy atom. The normalized spacial score (nSPS) is 14.6. The van der Waals surface area contributed by atoms with Crippen molar-refractivity contribution in [1.29, 1.82) is 0 Å². The molecule has 1 N–H and O–H groups in total. The number of ether oxygens (including phenoxy) is 2. The molecule has 0 unspecified atom stereocenters. The van der Waals surface area contributed by atoms with Crippen LogP contribution in [0.4, 0.5) is 5.13 Å². The third-order valence-electron chi connectivity index (χ3n) is 6.51. The minimum absolute atomic E-state index is 0.0269. The Bertz CT molecular complexity index is 1430. The molecule has 1 aromatic carbocycles. The minimum atomic E-state index is -3.48. The molecular weight excluding hydrogens is 566 g/mol. The molecule has 0 aliphatic heterocycles. The van der Waals surface area contributed by atoms with E-state index in [4.69, 9.17) is 14.3 Å². The molecular formula is C28H37N5O6S2. The molecule has 2 aromatic heterocycles. The summed E-state index contributed by atoms with van der Waals surface area (Å²) in [6.45, 7) is 1.83. The molecule has 41 heavy (non-hydrogen) atoms. The second-order valence-corrected chi connectivity index (χ2v) is 13.2. The van der Waals surface area contributed by atoms with Crippen LogP contribution in [0.2, 0.25) is 0 Å². The van der Waals surface area contributed by atoms with Crippen LogP contribution in [0.15, 0.2) is 46.4 Å². The number of aromatic nitrogens is 2. The number of nitrogens with zero attached hydrogens (tertiary/aromatic N) is 4. The maximum absolute atomic E-state index is 13.4. The number of anilines is 1. The van der Waals surface area contributed by atoms with Gasteiger partial charge in [0, 0.05) is 31.9 Å². The molecule has 1 amide bonds. The van der Waals surface area contributed by atoms with E-state index in [0.29, 0.717) is 46.6 Å². The molecule has 222 valence electrons. The van der Waals surface area contributed by atoms with Gasteiger partial charge in [-0.3, -0.25) is 10.1 Å². The minimum Gasteiger partial charge on any atom is -0.478 e. The smallest absolute Gasteiger partial charge is 0.280 e. The monoisotopic (exact) mass is 603 g/mol. The van der Waals surface area contributed by atoms with E-state index in [0.717, 1.165) is 38.6 Å². The Morgan fingerprint density at radius 1 is 1.07 bits per heavy atom. The number of carbonyl (C=O) groups excluding carboxylic acids is 1. The lowest BCUT2D eigenvalue weighted by molar-refractivity contribution is -0.110. The first-order valence-corrected chi connectivity index (χ1v) is 16.1. The molecule has 0 atom stereocenters. The molecule has 0 radical (unpaired) electrons. The van der Waals surface area contributed by atoms with Gasteiger partial charge < -0.3 is 19.2 Å². The van der Waals surface area contributed by atoms with Crippen molar-refractivity contribution >= 4 is 48.3 Å². The Kier molecular flexibility index (Phi) is 11.0. The number of fused-ring (bicyclic) bond motifs is 1. The van der Waals surface area contributed by atoms with Gasteiger partial charge in [-0.25, -0.2) is 18.4 Å². The van der Waals surface area contributed by atoms with Crippen LogP contribution in [0, 0.1) is 0 Å². The maximum Gasteiger partial charge on any atom is 0.280 e. The number of rotatable bonds is 15. The first-order chi connectivity index (χ1) is 19.7. The molecule has 2 heterocycles. The molecule has 3 aromatic rings. The summed E-state index contributed by atoms with van der Waals surface area (Å²) in [7, 11) is 2.08. The summed E-state index contributed by atoms with van der Waals surface area (Å²) in [5.41, 5.74) is 1.11. The Balaban J connectivity index is 1.49. The number of amides is 1. The molecule has 13 heteroatoms. The lowest BCUT2D eigenvalue weighted by atomic mass is 10.1. The van der Waals surface area contributed by atoms with Crippen molar-refractivity contribution in [2.45, 2.75) is 49.5 Å². The summed E-state index contributed by atoms with van der Waals surface area (Å²) in [4.78, 5) is 31.0. The van der Waals surface area contributed by atoms with E-state index in [-0.39, 0.29) is 22.5 Å². The number of nitrogens with one attached hydrogen (secondary N) is 1. The van der Waals surface area contributed by atoms with E-state index >= 15 is 0 Å². The molecule has 4 rings (SSSR count). The second-order valence-electron chi connectivity index (χ2n) is 10.1. The van der Waals surface area contributed by atoms with E-state index in [1.165, 1.54) is 30.6 Å². The van der Waals surface area contributed by atoms with Gasteiger partial charge in [0.05, 0.1) is 17.3 Å². The SMILES string of the molecule is COCCCS(=O)(=O)c1ccc(C(=NOC2CCCC2)C(=O)Nc2nc3ccc(OCCCN(C)C)nc3s2)cc1. The third-order valence-corrected chi connectivity index (χ3v) is 9.21. The van der Waals surface area contributed by atoms with Crippen molar-refractivity contribution in [3.05, 3.63) is 42.0 Å². The predicted molar refractivity (Wildman–Crippen MR) is 160 cm³/mol. The fourth-order valence-corrected chi connectivity index (χ4v) is 6.43. The summed E-state index contributed by atoms with van der Waals surface area (Å²) in [5, 5.41) is 7.39. The van der Waals surface area contributed by atoms with Gasteiger partial charge in [-0.2, -0.15) is 0 Å². The molecule has 11 nitrogen and oxygen atoms in total. The molecule has 1 aliphatic rings. The van der Waals surface area contributed by atoms with Gasteiger partial charge >= 0.3 is 0 Å². The van der Waals surface area contributed by atoms with E-state index < -0.39 is 15.7 Å². The van der Waals surface area contributed by atoms with Gasteiger partial charge in [-0.05, 0) is 70.8 Å². The van der Waals surface area contributed by atoms with Gasteiger partial charge in [0.15, 0.2) is 20.7 Å². The second kappa shape index (κ2) is 14.7. The summed E-state index contributed by atoms with van der Waals surface area (Å²) < 4.78 is 36.0. The Morgan fingerprint density at radius 2 is 1.83 bits per heavy atom. The Labute approximate surface area is 244 Å². The van der Waals surface area contributed by atoms with Crippen LogP contribution < -0.4 is 10.1 Å². The zero-order chi connectivity index (χ0) is 29.2. The average Bonchev–Trinajstić information content (AvgIpc) is 3.61. The molecule has 0 bridgehead atoms. The summed E-state index contributed by atoms with van der Waals surface area (Å²) in [6, 6.07) is 9.67. The van der Waals surface area contributed by atoms with Gasteiger partial charge in [0.2, 0.25) is 5.88 Å². The van der Waals surface area contributed by atoms with Crippen molar-refractivity contribution in [3.63, 3.8) is 0 Å². The zero-order valence-corrected chi connectivity index (χ0v) is 25.3. The fraction of sp³-hybridized carbons (Fsp3) is 0.500. The highest BCUT2D eigenvalue weighted by atomic mass is 32.2. The summed E-state index contributed by atoms with van der Waals surface area (Å²) >= 11 is 1.23. The molecule has 1 fully saturated rings. The highest BCUT2D eigenvalue weighted by molar-refractivity contribution is 7.91. The highest BCUT2D eigenvalue weighted by Gasteiger charge is 2.22. The maximum atomic E-state index is 13.4. The Hall–Kier alpha value is -3.13. The number of oxime groups is 1. The standard InChI is InChI=1S/C28H37N5O6S2/c1-33(2)16-6-18-38-24-15-14-23-27(30-24)40-28(29-23)31-26(34)25(32-39-21-8-4-5-9-21)20-10-12-22(13-11-20)41(35,36)19-7-17-37-3/h10-15,21H,4-9,16-19H2,1-3H3,(H,29,31,34). The first-order valence-electron chi connectivity index (χ1n) is 13.7. The van der Waals surface area contributed by atoms with Crippen molar-refractivity contribution in [3.8, 4) is 5.88 Å². The van der Waals surface area contributed by atoms with E-state index in [1.54, 1.807) is 24.3 Å². The number of carbonyl (C=O) groups is 1. The van der Waals surface area contributed by atoms with Crippen LogP contribution in [-0.4, -0.2) is 87.7 Å². The van der Waals surface area contributed by atoms with Gasteiger partial charge in [0.25, 0.3) is 5.91 Å². The molecule has 0 saturated heterocycles. The van der Waals surface area contributed by atoms with Crippen molar-refractivity contribution in [2.24, 2.45) is 5.16 Å². The van der Waals surface area contributed by atoms with Gasteiger partial charge in [-0.15, -0.1) is 0 Å². The van der Waals surface area contributed by atoms with Crippen molar-refractivity contribution in [2.75, 3.05) is 52.0 Å². The van der Waals surface area contributed by atoms with Crippen LogP contribution in [0.25, 0.3) is 10.3 Å². The number of methoxy groups -OCH3 is 1. The first kappa shape index (κ1) is 30.8. The lowest BCUT2D eigenvalue weighted by Crippen LogP contribution is -2.25. The molecule has 0 spiro atoms. The van der Waals surface area contributed by atoms with Crippen LogP contribution in [0.3, 0.4) is 0 Å². The number of sulfone groups is 1. The van der Waals surface area contributed by atoms with Crippen molar-refractivity contribution < 1.29 is 27.5 Å². The number of hydrogen-bond acceptors (Lipinski definition) is 11. The van der Waals surface area contributed by atoms with Gasteiger partial charge in [0.1, 0.15) is 16.5 Å². The summed E-state index contributed by atoms with van der Waals surface area (Å²) in [6.07, 6.45) is 5.07. The van der Waals surface area contributed by atoms with E-state index in [2.05, 4.69) is 25.3 Å². The number of pyridine rings is 1.